The molecule has 3 aromatic rings. The number of ketones is 1. The third-order valence-electron chi connectivity index (χ3n) is 5.83. The SMILES string of the molecule is COc1c(Cl)cc(C)cc1/C(O)=C1\C(=O)C(=O)N(c2cc(C)ccc2C)C1c1ccccc1. The number of hydrogen-bond acceptors (Lipinski definition) is 4. The lowest BCUT2D eigenvalue weighted by Crippen LogP contribution is -2.30. The number of carbonyl (C=O) groups excluding carboxylic acids is 2. The maximum atomic E-state index is 13.4. The molecule has 0 bridgehead atoms. The normalized spacial score (nSPS) is 17.5. The van der Waals surface area contributed by atoms with E-state index in [9.17, 15) is 14.7 Å². The summed E-state index contributed by atoms with van der Waals surface area (Å²) in [6.07, 6.45) is 0. The fourth-order valence-corrected chi connectivity index (χ4v) is 4.62. The van der Waals surface area contributed by atoms with Crippen LogP contribution in [0.2, 0.25) is 5.02 Å². The molecule has 0 radical (unpaired) electrons. The number of aliphatic hydroxyl groups is 1. The first kappa shape index (κ1) is 22.6. The lowest BCUT2D eigenvalue weighted by atomic mass is 9.94. The number of hydrogen-bond donors (Lipinski definition) is 1. The summed E-state index contributed by atoms with van der Waals surface area (Å²) in [5, 5.41) is 11.7. The Morgan fingerprint density at radius 2 is 1.67 bits per heavy atom. The summed E-state index contributed by atoms with van der Waals surface area (Å²) < 4.78 is 5.43. The highest BCUT2D eigenvalue weighted by molar-refractivity contribution is 6.52. The fourth-order valence-electron chi connectivity index (χ4n) is 4.27. The molecular formula is C27H24ClNO4. The molecule has 1 unspecified atom stereocenters. The molecule has 0 aliphatic carbocycles. The van der Waals surface area contributed by atoms with Crippen molar-refractivity contribution in [1.29, 1.82) is 0 Å². The number of benzene rings is 3. The van der Waals surface area contributed by atoms with Crippen LogP contribution < -0.4 is 9.64 Å². The lowest BCUT2D eigenvalue weighted by Gasteiger charge is -2.27. The van der Waals surface area contributed by atoms with Crippen molar-refractivity contribution >= 4 is 34.7 Å². The average Bonchev–Trinajstić information content (AvgIpc) is 3.05. The minimum atomic E-state index is -0.810. The summed E-state index contributed by atoms with van der Waals surface area (Å²) in [5.41, 5.74) is 4.17. The molecule has 1 atom stereocenters. The number of aryl methyl sites for hydroxylation is 3. The zero-order valence-corrected chi connectivity index (χ0v) is 19.6. The van der Waals surface area contributed by atoms with Crippen LogP contribution in [0.4, 0.5) is 5.69 Å². The van der Waals surface area contributed by atoms with Gasteiger partial charge in [-0.25, -0.2) is 0 Å². The van der Waals surface area contributed by atoms with Crippen LogP contribution in [-0.4, -0.2) is 23.9 Å². The third-order valence-corrected chi connectivity index (χ3v) is 6.11. The minimum Gasteiger partial charge on any atom is -0.507 e. The maximum absolute atomic E-state index is 13.4. The standard InChI is InChI=1S/C27H24ClNO4/c1-15-10-11-17(3)21(14-15)29-23(18-8-6-5-7-9-18)22(25(31)27(29)32)24(30)19-12-16(2)13-20(28)26(19)33-4/h5-14,23,30H,1-4H3/b24-22+. The van der Waals surface area contributed by atoms with Crippen LogP contribution in [0.25, 0.3) is 5.76 Å². The number of methoxy groups -OCH3 is 1. The van der Waals surface area contributed by atoms with Crippen molar-refractivity contribution in [2.75, 3.05) is 12.0 Å². The Morgan fingerprint density at radius 1 is 0.970 bits per heavy atom. The van der Waals surface area contributed by atoms with Gasteiger partial charge in [0.1, 0.15) is 11.5 Å². The summed E-state index contributed by atoms with van der Waals surface area (Å²) in [6.45, 7) is 5.64. The average molecular weight is 462 g/mol. The largest absolute Gasteiger partial charge is 0.507 e. The monoisotopic (exact) mass is 461 g/mol. The molecule has 1 aliphatic heterocycles. The summed E-state index contributed by atoms with van der Waals surface area (Å²) in [5.74, 6) is -1.54. The Morgan fingerprint density at radius 3 is 2.33 bits per heavy atom. The number of nitrogens with zero attached hydrogens (tertiary/aromatic N) is 1. The predicted octanol–water partition coefficient (Wildman–Crippen LogP) is 5.90. The van der Waals surface area contributed by atoms with Gasteiger partial charge in [0, 0.05) is 5.69 Å². The number of Topliss-reactive ketones (excluding diaryl/α,β-unsaturated/α-hetero) is 1. The van der Waals surface area contributed by atoms with E-state index in [1.807, 2.05) is 69.3 Å². The van der Waals surface area contributed by atoms with E-state index in [1.165, 1.54) is 12.0 Å². The molecule has 5 nitrogen and oxygen atoms in total. The van der Waals surface area contributed by atoms with Crippen molar-refractivity contribution in [2.45, 2.75) is 26.8 Å². The molecule has 0 aromatic heterocycles. The Labute approximate surface area is 197 Å². The van der Waals surface area contributed by atoms with E-state index in [4.69, 9.17) is 16.3 Å². The fraction of sp³-hybridized carbons (Fsp3) is 0.185. The first-order chi connectivity index (χ1) is 15.7. The number of ether oxygens (including phenoxy) is 1. The molecule has 6 heteroatoms. The van der Waals surface area contributed by atoms with E-state index in [2.05, 4.69) is 0 Å². The molecule has 1 aliphatic rings. The van der Waals surface area contributed by atoms with E-state index in [-0.39, 0.29) is 22.6 Å². The summed E-state index contributed by atoms with van der Waals surface area (Å²) >= 11 is 6.35. The third kappa shape index (κ3) is 3.89. The molecule has 1 saturated heterocycles. The van der Waals surface area contributed by atoms with Crippen molar-refractivity contribution in [3.63, 3.8) is 0 Å². The highest BCUT2D eigenvalue weighted by Gasteiger charge is 2.47. The van der Waals surface area contributed by atoms with E-state index >= 15 is 0 Å². The van der Waals surface area contributed by atoms with Crippen LogP contribution >= 0.6 is 11.6 Å². The number of halogens is 1. The molecule has 0 saturated carbocycles. The van der Waals surface area contributed by atoms with Gasteiger partial charge in [0.2, 0.25) is 0 Å². The number of amides is 1. The second kappa shape index (κ2) is 8.75. The van der Waals surface area contributed by atoms with Gasteiger partial charge >= 0.3 is 0 Å². The van der Waals surface area contributed by atoms with Crippen LogP contribution in [-0.2, 0) is 9.59 Å². The van der Waals surface area contributed by atoms with Gasteiger partial charge in [-0.3, -0.25) is 14.5 Å². The minimum absolute atomic E-state index is 0.00734. The molecule has 4 rings (SSSR count). The molecule has 1 fully saturated rings. The van der Waals surface area contributed by atoms with Crippen molar-refractivity contribution in [3.8, 4) is 5.75 Å². The number of aliphatic hydroxyl groups excluding tert-OH is 1. The zero-order valence-electron chi connectivity index (χ0n) is 18.8. The Kier molecular flexibility index (Phi) is 6.00. The number of anilines is 1. The molecule has 3 aromatic carbocycles. The molecule has 33 heavy (non-hydrogen) atoms. The van der Waals surface area contributed by atoms with Gasteiger partial charge in [0.15, 0.2) is 0 Å². The molecular weight excluding hydrogens is 438 g/mol. The number of rotatable bonds is 4. The summed E-state index contributed by atoms with van der Waals surface area (Å²) in [6, 6.07) is 17.5. The van der Waals surface area contributed by atoms with Crippen molar-refractivity contribution < 1.29 is 19.4 Å². The van der Waals surface area contributed by atoms with Gasteiger partial charge < -0.3 is 9.84 Å². The number of carbonyl (C=O) groups is 2. The highest BCUT2D eigenvalue weighted by atomic mass is 35.5. The Bertz CT molecular complexity index is 1300. The summed E-state index contributed by atoms with van der Waals surface area (Å²) in [7, 11) is 1.44. The second-order valence-electron chi connectivity index (χ2n) is 8.20. The van der Waals surface area contributed by atoms with Crippen LogP contribution in [0.3, 0.4) is 0 Å². The van der Waals surface area contributed by atoms with E-state index in [1.54, 1.807) is 12.1 Å². The molecule has 168 valence electrons. The van der Waals surface area contributed by atoms with Crippen molar-refractivity contribution in [1.82, 2.24) is 0 Å². The first-order valence-corrected chi connectivity index (χ1v) is 10.9. The molecule has 1 amide bonds. The quantitative estimate of drug-likeness (QED) is 0.298. The van der Waals surface area contributed by atoms with Gasteiger partial charge in [-0.1, -0.05) is 54.1 Å². The predicted molar refractivity (Wildman–Crippen MR) is 130 cm³/mol. The van der Waals surface area contributed by atoms with Crippen LogP contribution in [0.5, 0.6) is 5.75 Å². The summed E-state index contributed by atoms with van der Waals surface area (Å²) in [4.78, 5) is 28.2. The van der Waals surface area contributed by atoms with Gasteiger partial charge in [-0.05, 0) is 61.2 Å². The van der Waals surface area contributed by atoms with Crippen LogP contribution in [0, 0.1) is 20.8 Å². The van der Waals surface area contributed by atoms with Gasteiger partial charge in [-0.15, -0.1) is 0 Å². The lowest BCUT2D eigenvalue weighted by molar-refractivity contribution is -0.132. The Balaban J connectivity index is 2.03. The zero-order chi connectivity index (χ0) is 23.9. The van der Waals surface area contributed by atoms with Gasteiger partial charge in [0.25, 0.3) is 11.7 Å². The van der Waals surface area contributed by atoms with E-state index in [0.717, 1.165) is 16.7 Å². The Hall–Kier alpha value is -3.57. The van der Waals surface area contributed by atoms with Gasteiger partial charge in [0.05, 0.1) is 29.3 Å². The van der Waals surface area contributed by atoms with Crippen molar-refractivity contribution in [3.05, 3.63) is 99.1 Å². The van der Waals surface area contributed by atoms with E-state index in [0.29, 0.717) is 16.3 Å². The van der Waals surface area contributed by atoms with Crippen molar-refractivity contribution in [2.24, 2.45) is 0 Å². The smallest absolute Gasteiger partial charge is 0.300 e. The molecule has 1 heterocycles. The highest BCUT2D eigenvalue weighted by Crippen LogP contribution is 2.45. The molecule has 0 spiro atoms. The van der Waals surface area contributed by atoms with Gasteiger partial charge in [-0.2, -0.15) is 0 Å². The maximum Gasteiger partial charge on any atom is 0.300 e. The topological polar surface area (TPSA) is 66.8 Å². The van der Waals surface area contributed by atoms with Crippen LogP contribution in [0.15, 0.2) is 66.2 Å². The van der Waals surface area contributed by atoms with E-state index < -0.39 is 17.7 Å². The first-order valence-electron chi connectivity index (χ1n) is 10.5. The second-order valence-corrected chi connectivity index (χ2v) is 8.60. The molecule has 1 N–H and O–H groups in total. The van der Waals surface area contributed by atoms with Crippen LogP contribution in [0.1, 0.15) is 33.9 Å².